The van der Waals surface area contributed by atoms with E-state index >= 15 is 0 Å². The third-order valence-electron chi connectivity index (χ3n) is 3.41. The van der Waals surface area contributed by atoms with Crippen molar-refractivity contribution in [2.24, 2.45) is 0 Å². The predicted octanol–water partition coefficient (Wildman–Crippen LogP) is 3.07. The molecule has 0 atom stereocenters. The Kier molecular flexibility index (Phi) is 4.93. The van der Waals surface area contributed by atoms with Crippen molar-refractivity contribution >= 4 is 43.2 Å². The molecule has 24 heavy (non-hydrogen) atoms. The lowest BCUT2D eigenvalue weighted by molar-refractivity contribution is 0.597. The summed E-state index contributed by atoms with van der Waals surface area (Å²) in [5, 5.41) is 8.91. The van der Waals surface area contributed by atoms with E-state index in [1.165, 1.54) is 11.8 Å². The first kappa shape index (κ1) is 17.4. The van der Waals surface area contributed by atoms with Gasteiger partial charge in [0.05, 0.1) is 10.6 Å². The number of nitrogens with zero attached hydrogens (tertiary/aromatic N) is 4. The number of hydrogen-bond acceptors (Lipinski definition) is 6. The van der Waals surface area contributed by atoms with E-state index in [0.717, 1.165) is 21.6 Å². The Morgan fingerprint density at radius 3 is 2.58 bits per heavy atom. The largest absolute Gasteiger partial charge is 0.258 e. The number of rotatable bonds is 5. The summed E-state index contributed by atoms with van der Waals surface area (Å²) < 4.78 is 27.4. The van der Waals surface area contributed by atoms with E-state index in [-0.39, 0.29) is 5.75 Å². The minimum atomic E-state index is -3.32. The second kappa shape index (κ2) is 6.81. The van der Waals surface area contributed by atoms with Crippen LogP contribution in [0.1, 0.15) is 11.5 Å². The van der Waals surface area contributed by atoms with Crippen molar-refractivity contribution in [3.8, 4) is 0 Å². The summed E-state index contributed by atoms with van der Waals surface area (Å²) in [6, 6.07) is 8.51. The van der Waals surface area contributed by atoms with Gasteiger partial charge in [0.25, 0.3) is 0 Å². The maximum atomic E-state index is 12.4. The molecule has 0 saturated heterocycles. The highest BCUT2D eigenvalue weighted by molar-refractivity contribution is 9.10. The molecule has 0 spiro atoms. The third-order valence-corrected chi connectivity index (χ3v) is 6.86. The van der Waals surface area contributed by atoms with Crippen molar-refractivity contribution in [1.82, 2.24) is 19.6 Å². The summed E-state index contributed by atoms with van der Waals surface area (Å²) in [7, 11) is -3.32. The fraction of sp³-hybridized carbons (Fsp3) is 0.267. The monoisotopic (exact) mass is 426 g/mol. The van der Waals surface area contributed by atoms with Crippen LogP contribution in [0, 0.1) is 13.8 Å². The Balaban J connectivity index is 1.74. The molecule has 3 rings (SSSR count). The van der Waals surface area contributed by atoms with Crippen LogP contribution in [0.25, 0.3) is 5.65 Å². The van der Waals surface area contributed by atoms with Gasteiger partial charge in [-0.15, -0.1) is 10.2 Å². The molecular formula is C15H15BrN4O2S2. The number of halogens is 1. The fourth-order valence-electron chi connectivity index (χ4n) is 2.30. The lowest BCUT2D eigenvalue weighted by Gasteiger charge is -2.05. The molecule has 0 amide bonds. The topological polar surface area (TPSA) is 77.2 Å². The minimum Gasteiger partial charge on any atom is -0.258 e. The summed E-state index contributed by atoms with van der Waals surface area (Å²) in [6.45, 7) is 3.78. The fourth-order valence-corrected chi connectivity index (χ4v) is 5.20. The van der Waals surface area contributed by atoms with Crippen LogP contribution in [0.2, 0.25) is 0 Å². The quantitative estimate of drug-likeness (QED) is 0.583. The number of hydrogen-bond donors (Lipinski definition) is 0. The number of thioether (sulfide) groups is 1. The highest BCUT2D eigenvalue weighted by Gasteiger charge is 2.16. The molecule has 0 fully saturated rings. The number of aryl methyl sites for hydroxylation is 2. The van der Waals surface area contributed by atoms with E-state index in [1.807, 2.05) is 24.3 Å². The average molecular weight is 427 g/mol. The van der Waals surface area contributed by atoms with E-state index in [2.05, 4.69) is 31.1 Å². The molecule has 0 radical (unpaired) electrons. The van der Waals surface area contributed by atoms with Crippen LogP contribution in [0.4, 0.5) is 0 Å². The minimum absolute atomic E-state index is 0.0343. The molecule has 0 saturated carbocycles. The van der Waals surface area contributed by atoms with Gasteiger partial charge in [0.1, 0.15) is 5.82 Å². The van der Waals surface area contributed by atoms with Gasteiger partial charge in [-0.3, -0.25) is 4.40 Å². The Morgan fingerprint density at radius 1 is 1.17 bits per heavy atom. The van der Waals surface area contributed by atoms with Crippen molar-refractivity contribution < 1.29 is 8.42 Å². The Labute approximate surface area is 152 Å². The van der Waals surface area contributed by atoms with Crippen molar-refractivity contribution in [2.45, 2.75) is 23.9 Å². The molecule has 6 nitrogen and oxygen atoms in total. The van der Waals surface area contributed by atoms with Gasteiger partial charge < -0.3 is 0 Å². The molecule has 126 valence electrons. The van der Waals surface area contributed by atoms with E-state index in [0.29, 0.717) is 15.8 Å². The zero-order valence-electron chi connectivity index (χ0n) is 13.1. The van der Waals surface area contributed by atoms with Gasteiger partial charge in [-0.2, -0.15) is 0 Å². The van der Waals surface area contributed by atoms with Crippen LogP contribution in [0.15, 0.2) is 44.9 Å². The molecule has 3 aromatic rings. The Bertz CT molecular complexity index is 985. The van der Waals surface area contributed by atoms with Gasteiger partial charge in [0, 0.05) is 22.0 Å². The summed E-state index contributed by atoms with van der Waals surface area (Å²) in [5.74, 6) is 1.22. The maximum absolute atomic E-state index is 12.4. The van der Waals surface area contributed by atoms with Crippen LogP contribution in [-0.2, 0) is 9.84 Å². The van der Waals surface area contributed by atoms with E-state index < -0.39 is 9.84 Å². The lowest BCUT2D eigenvalue weighted by atomic mass is 10.4. The van der Waals surface area contributed by atoms with Gasteiger partial charge in [-0.05, 0) is 38.1 Å². The molecule has 2 aromatic heterocycles. The second-order valence-corrected chi connectivity index (χ2v) is 9.33. The van der Waals surface area contributed by atoms with Crippen molar-refractivity contribution in [3.63, 3.8) is 0 Å². The summed E-state index contributed by atoms with van der Waals surface area (Å²) in [5.41, 5.74) is 1.60. The Morgan fingerprint density at radius 2 is 1.88 bits per heavy atom. The second-order valence-electron chi connectivity index (χ2n) is 5.24. The molecule has 0 aliphatic heterocycles. The third kappa shape index (κ3) is 3.62. The first-order valence-electron chi connectivity index (χ1n) is 7.17. The van der Waals surface area contributed by atoms with Gasteiger partial charge in [0.15, 0.2) is 20.6 Å². The van der Waals surface area contributed by atoms with Crippen molar-refractivity contribution in [3.05, 3.63) is 46.3 Å². The molecule has 9 heteroatoms. The summed E-state index contributed by atoms with van der Waals surface area (Å²) in [6.07, 6.45) is 0. The van der Waals surface area contributed by atoms with Crippen LogP contribution < -0.4 is 0 Å². The zero-order valence-corrected chi connectivity index (χ0v) is 16.3. The highest BCUT2D eigenvalue weighted by Crippen LogP contribution is 2.21. The summed E-state index contributed by atoms with van der Waals surface area (Å²) >= 11 is 4.67. The summed E-state index contributed by atoms with van der Waals surface area (Å²) in [4.78, 5) is 4.72. The van der Waals surface area contributed by atoms with Gasteiger partial charge >= 0.3 is 0 Å². The van der Waals surface area contributed by atoms with E-state index in [9.17, 15) is 8.42 Å². The first-order chi connectivity index (χ1) is 11.4. The van der Waals surface area contributed by atoms with Crippen molar-refractivity contribution in [2.75, 3.05) is 11.5 Å². The van der Waals surface area contributed by atoms with Crippen LogP contribution in [0.3, 0.4) is 0 Å². The molecule has 0 aliphatic rings. The molecule has 2 heterocycles. The molecule has 0 unspecified atom stereocenters. The van der Waals surface area contributed by atoms with E-state index in [4.69, 9.17) is 0 Å². The standard InChI is InChI=1S/C15H15BrN4O2S2/c1-10-9-14-18-19-15(20(14)11(2)17-10)23-7-8-24(21,22)13-5-3-12(16)4-6-13/h3-6,9H,7-8H2,1-2H3. The molecule has 0 aliphatic carbocycles. The van der Waals surface area contributed by atoms with Crippen LogP contribution in [0.5, 0.6) is 0 Å². The maximum Gasteiger partial charge on any atom is 0.197 e. The molecule has 0 bridgehead atoms. The van der Waals surface area contributed by atoms with Gasteiger partial charge in [-0.25, -0.2) is 13.4 Å². The number of benzene rings is 1. The molecule has 0 N–H and O–H groups in total. The van der Waals surface area contributed by atoms with E-state index in [1.54, 1.807) is 24.3 Å². The lowest BCUT2D eigenvalue weighted by Crippen LogP contribution is -2.09. The van der Waals surface area contributed by atoms with Gasteiger partial charge in [0.2, 0.25) is 0 Å². The number of sulfone groups is 1. The normalized spacial score (nSPS) is 12.0. The first-order valence-corrected chi connectivity index (χ1v) is 10.6. The predicted molar refractivity (Wildman–Crippen MR) is 97.2 cm³/mol. The molecular weight excluding hydrogens is 412 g/mol. The number of fused-ring (bicyclic) bond motifs is 1. The van der Waals surface area contributed by atoms with Crippen LogP contribution >= 0.6 is 27.7 Å². The number of aromatic nitrogens is 4. The van der Waals surface area contributed by atoms with Crippen LogP contribution in [-0.4, -0.2) is 39.5 Å². The highest BCUT2D eigenvalue weighted by atomic mass is 79.9. The molecule has 1 aromatic carbocycles. The van der Waals surface area contributed by atoms with Crippen molar-refractivity contribution in [1.29, 1.82) is 0 Å². The zero-order chi connectivity index (χ0) is 17.3. The average Bonchev–Trinajstić information content (AvgIpc) is 2.90. The Hall–Kier alpha value is -1.45. The SMILES string of the molecule is Cc1cc2nnc(SCCS(=O)(=O)c3ccc(Br)cc3)n2c(C)n1. The van der Waals surface area contributed by atoms with Gasteiger partial charge in [-0.1, -0.05) is 27.7 Å². The smallest absolute Gasteiger partial charge is 0.197 e.